The highest BCUT2D eigenvalue weighted by Gasteiger charge is 2.21. The molecule has 0 saturated carbocycles. The summed E-state index contributed by atoms with van der Waals surface area (Å²) in [6.45, 7) is 3.94. The molecule has 7 heteroatoms. The molecule has 1 aliphatic heterocycles. The van der Waals surface area contributed by atoms with Crippen LogP contribution in [0.4, 0.5) is 0 Å². The van der Waals surface area contributed by atoms with Crippen LogP contribution in [-0.2, 0) is 14.3 Å². The van der Waals surface area contributed by atoms with Gasteiger partial charge in [-0.15, -0.1) is 0 Å². The second-order valence-electron chi connectivity index (χ2n) is 6.07. The molecule has 0 aliphatic carbocycles. The molecule has 1 amide bonds. The number of esters is 1. The average molecular weight is 380 g/mol. The third kappa shape index (κ3) is 4.48. The van der Waals surface area contributed by atoms with Crippen LogP contribution < -0.4 is 0 Å². The number of rotatable bonds is 5. The SMILES string of the molecule is CCOC(=O)c1ccc(-c2ccc(/C=C(/C#N)C(=O)N3CCOCC3)o2)cc1. The van der Waals surface area contributed by atoms with E-state index in [1.807, 2.05) is 6.07 Å². The smallest absolute Gasteiger partial charge is 0.338 e. The van der Waals surface area contributed by atoms with E-state index in [-0.39, 0.29) is 17.4 Å². The van der Waals surface area contributed by atoms with Gasteiger partial charge in [0.1, 0.15) is 23.2 Å². The second kappa shape index (κ2) is 9.02. The van der Waals surface area contributed by atoms with Gasteiger partial charge in [-0.1, -0.05) is 12.1 Å². The monoisotopic (exact) mass is 380 g/mol. The summed E-state index contributed by atoms with van der Waals surface area (Å²) in [6.07, 6.45) is 1.44. The van der Waals surface area contributed by atoms with Crippen LogP contribution in [0.5, 0.6) is 0 Å². The zero-order valence-corrected chi connectivity index (χ0v) is 15.5. The van der Waals surface area contributed by atoms with Crippen molar-refractivity contribution in [2.75, 3.05) is 32.9 Å². The minimum atomic E-state index is -0.377. The van der Waals surface area contributed by atoms with Crippen molar-refractivity contribution in [2.24, 2.45) is 0 Å². The summed E-state index contributed by atoms with van der Waals surface area (Å²) in [5.41, 5.74) is 1.24. The molecule has 1 aromatic heterocycles. The van der Waals surface area contributed by atoms with Crippen LogP contribution in [0.25, 0.3) is 17.4 Å². The Bertz CT molecular complexity index is 915. The van der Waals surface area contributed by atoms with E-state index in [9.17, 15) is 14.9 Å². The van der Waals surface area contributed by atoms with Gasteiger partial charge in [0.2, 0.25) is 0 Å². The molecule has 0 radical (unpaired) electrons. The third-order valence-corrected chi connectivity index (χ3v) is 4.24. The van der Waals surface area contributed by atoms with Crippen LogP contribution in [0, 0.1) is 11.3 Å². The van der Waals surface area contributed by atoms with Gasteiger partial charge in [0.15, 0.2) is 0 Å². The van der Waals surface area contributed by atoms with E-state index in [1.54, 1.807) is 48.2 Å². The first-order valence-electron chi connectivity index (χ1n) is 8.98. The molecule has 2 heterocycles. The second-order valence-corrected chi connectivity index (χ2v) is 6.07. The molecule has 0 unspecified atom stereocenters. The van der Waals surface area contributed by atoms with Crippen LogP contribution in [0.1, 0.15) is 23.0 Å². The molecule has 1 aliphatic rings. The lowest BCUT2D eigenvalue weighted by Crippen LogP contribution is -2.41. The summed E-state index contributed by atoms with van der Waals surface area (Å²) in [6, 6.07) is 12.2. The number of ether oxygens (including phenoxy) is 2. The summed E-state index contributed by atoms with van der Waals surface area (Å²) < 4.78 is 15.9. The highest BCUT2D eigenvalue weighted by Crippen LogP contribution is 2.24. The highest BCUT2D eigenvalue weighted by atomic mass is 16.5. The van der Waals surface area contributed by atoms with Crippen molar-refractivity contribution in [1.82, 2.24) is 4.90 Å². The fourth-order valence-corrected chi connectivity index (χ4v) is 2.79. The molecule has 0 atom stereocenters. The molecule has 0 N–H and O–H groups in total. The van der Waals surface area contributed by atoms with E-state index < -0.39 is 0 Å². The summed E-state index contributed by atoms with van der Waals surface area (Å²) in [5.74, 6) is 0.264. The Balaban J connectivity index is 1.75. The van der Waals surface area contributed by atoms with Crippen molar-refractivity contribution >= 4 is 18.0 Å². The van der Waals surface area contributed by atoms with Gasteiger partial charge >= 0.3 is 5.97 Å². The zero-order chi connectivity index (χ0) is 19.9. The lowest BCUT2D eigenvalue weighted by atomic mass is 10.1. The molecule has 144 valence electrons. The molecule has 1 aromatic carbocycles. The van der Waals surface area contributed by atoms with Crippen LogP contribution in [0.15, 0.2) is 46.4 Å². The lowest BCUT2D eigenvalue weighted by molar-refractivity contribution is -0.130. The van der Waals surface area contributed by atoms with Gasteiger partial charge in [-0.25, -0.2) is 4.79 Å². The van der Waals surface area contributed by atoms with E-state index in [0.29, 0.717) is 50.0 Å². The van der Waals surface area contributed by atoms with Crippen molar-refractivity contribution in [1.29, 1.82) is 5.26 Å². The van der Waals surface area contributed by atoms with Crippen molar-refractivity contribution in [2.45, 2.75) is 6.92 Å². The molecule has 28 heavy (non-hydrogen) atoms. The molecule has 0 bridgehead atoms. The van der Waals surface area contributed by atoms with Gasteiger partial charge in [-0.3, -0.25) is 4.79 Å². The topological polar surface area (TPSA) is 92.8 Å². The quantitative estimate of drug-likeness (QED) is 0.450. The minimum Gasteiger partial charge on any atom is -0.462 e. The Labute approximate surface area is 162 Å². The molecule has 7 nitrogen and oxygen atoms in total. The van der Waals surface area contributed by atoms with E-state index >= 15 is 0 Å². The van der Waals surface area contributed by atoms with E-state index in [1.165, 1.54) is 6.08 Å². The Morgan fingerprint density at radius 1 is 1.18 bits per heavy atom. The number of benzene rings is 1. The number of furan rings is 1. The van der Waals surface area contributed by atoms with Crippen LogP contribution in [0.3, 0.4) is 0 Å². The number of hydrogen-bond donors (Lipinski definition) is 0. The number of morpholine rings is 1. The summed E-state index contributed by atoms with van der Waals surface area (Å²) in [4.78, 5) is 25.8. The Morgan fingerprint density at radius 3 is 2.54 bits per heavy atom. The van der Waals surface area contributed by atoms with Gasteiger partial charge in [-0.2, -0.15) is 5.26 Å². The number of carbonyl (C=O) groups excluding carboxylic acids is 2. The first-order chi connectivity index (χ1) is 13.6. The molecular formula is C21H20N2O5. The zero-order valence-electron chi connectivity index (χ0n) is 15.5. The van der Waals surface area contributed by atoms with Crippen molar-refractivity contribution < 1.29 is 23.5 Å². The Morgan fingerprint density at radius 2 is 1.89 bits per heavy atom. The van der Waals surface area contributed by atoms with Gasteiger partial charge in [0.25, 0.3) is 5.91 Å². The first kappa shape index (κ1) is 19.4. The van der Waals surface area contributed by atoms with E-state index in [2.05, 4.69) is 0 Å². The summed E-state index contributed by atoms with van der Waals surface area (Å²) in [5, 5.41) is 9.36. The third-order valence-electron chi connectivity index (χ3n) is 4.24. The Kier molecular flexibility index (Phi) is 6.25. The lowest BCUT2D eigenvalue weighted by Gasteiger charge is -2.26. The Hall–Kier alpha value is -3.37. The van der Waals surface area contributed by atoms with Gasteiger partial charge in [-0.05, 0) is 31.2 Å². The fourth-order valence-electron chi connectivity index (χ4n) is 2.79. The van der Waals surface area contributed by atoms with Crippen LogP contribution >= 0.6 is 0 Å². The highest BCUT2D eigenvalue weighted by molar-refractivity contribution is 6.01. The molecule has 1 saturated heterocycles. The maximum Gasteiger partial charge on any atom is 0.338 e. The first-order valence-corrected chi connectivity index (χ1v) is 8.98. The number of hydrogen-bond acceptors (Lipinski definition) is 6. The molecule has 3 rings (SSSR count). The van der Waals surface area contributed by atoms with E-state index in [4.69, 9.17) is 13.9 Å². The predicted molar refractivity (Wildman–Crippen MR) is 101 cm³/mol. The number of amides is 1. The van der Waals surface area contributed by atoms with Gasteiger partial charge < -0.3 is 18.8 Å². The van der Waals surface area contributed by atoms with Crippen molar-refractivity contribution in [3.05, 3.63) is 53.3 Å². The largest absolute Gasteiger partial charge is 0.462 e. The molecular weight excluding hydrogens is 360 g/mol. The van der Waals surface area contributed by atoms with Crippen molar-refractivity contribution in [3.8, 4) is 17.4 Å². The average Bonchev–Trinajstić information content (AvgIpc) is 3.21. The molecule has 0 spiro atoms. The number of carbonyl (C=O) groups is 2. The van der Waals surface area contributed by atoms with Crippen LogP contribution in [-0.4, -0.2) is 49.7 Å². The van der Waals surface area contributed by atoms with Gasteiger partial charge in [0, 0.05) is 24.7 Å². The van der Waals surface area contributed by atoms with Gasteiger partial charge in [0.05, 0.1) is 25.4 Å². The maximum atomic E-state index is 12.5. The maximum absolute atomic E-state index is 12.5. The number of nitriles is 1. The summed E-state index contributed by atoms with van der Waals surface area (Å²) >= 11 is 0. The summed E-state index contributed by atoms with van der Waals surface area (Å²) in [7, 11) is 0. The minimum absolute atomic E-state index is 0.0143. The number of nitrogens with zero attached hydrogens (tertiary/aromatic N) is 2. The predicted octanol–water partition coefficient (Wildman–Crippen LogP) is 2.89. The standard InChI is InChI=1S/C21H20N2O5/c1-2-27-21(25)16-5-3-15(4-6-16)19-8-7-18(28-19)13-17(14-22)20(24)23-9-11-26-12-10-23/h3-8,13H,2,9-12H2,1H3/b17-13-. The van der Waals surface area contributed by atoms with E-state index in [0.717, 1.165) is 5.56 Å². The van der Waals surface area contributed by atoms with Crippen LogP contribution in [0.2, 0.25) is 0 Å². The molecule has 2 aromatic rings. The fraction of sp³-hybridized carbons (Fsp3) is 0.286. The normalized spacial score (nSPS) is 14.4. The molecule has 1 fully saturated rings. The van der Waals surface area contributed by atoms with Crippen molar-refractivity contribution in [3.63, 3.8) is 0 Å².